The Balaban J connectivity index is 3.82. The van der Waals surface area contributed by atoms with E-state index in [-0.39, 0.29) is 0 Å². The SMILES string of the molecule is CC=CCCC(C)(Br)C(=O)O. The molecule has 0 rings (SSSR count). The maximum Gasteiger partial charge on any atom is 0.320 e. The zero-order chi connectivity index (χ0) is 8.91. The van der Waals surface area contributed by atoms with Crippen molar-refractivity contribution in [2.24, 2.45) is 0 Å². The van der Waals surface area contributed by atoms with Gasteiger partial charge in [0.1, 0.15) is 4.32 Å². The summed E-state index contributed by atoms with van der Waals surface area (Å²) in [7, 11) is 0. The lowest BCUT2D eigenvalue weighted by atomic mass is 10.1. The van der Waals surface area contributed by atoms with Crippen LogP contribution in [0, 0.1) is 0 Å². The van der Waals surface area contributed by atoms with Crippen LogP contribution in [0.3, 0.4) is 0 Å². The van der Waals surface area contributed by atoms with Gasteiger partial charge in [-0.2, -0.15) is 0 Å². The van der Waals surface area contributed by atoms with Crippen LogP contribution in [-0.2, 0) is 4.79 Å². The average molecular weight is 221 g/mol. The highest BCUT2D eigenvalue weighted by atomic mass is 79.9. The molecule has 0 fully saturated rings. The number of carboxylic acids is 1. The number of halogens is 1. The van der Waals surface area contributed by atoms with Gasteiger partial charge in [0.2, 0.25) is 0 Å². The Kier molecular flexibility index (Phi) is 4.42. The van der Waals surface area contributed by atoms with Crippen LogP contribution in [0.4, 0.5) is 0 Å². The predicted molar refractivity (Wildman–Crippen MR) is 49.0 cm³/mol. The number of carbonyl (C=O) groups is 1. The molecule has 0 aromatic heterocycles. The van der Waals surface area contributed by atoms with Gasteiger partial charge in [0.05, 0.1) is 0 Å². The minimum atomic E-state index is -0.804. The molecule has 64 valence electrons. The van der Waals surface area contributed by atoms with Crippen LogP contribution in [0.5, 0.6) is 0 Å². The van der Waals surface area contributed by atoms with E-state index >= 15 is 0 Å². The second kappa shape index (κ2) is 4.54. The van der Waals surface area contributed by atoms with Crippen LogP contribution in [0.2, 0.25) is 0 Å². The minimum Gasteiger partial charge on any atom is -0.480 e. The van der Waals surface area contributed by atoms with Crippen LogP contribution in [-0.4, -0.2) is 15.4 Å². The third-order valence-corrected chi connectivity index (χ3v) is 2.20. The van der Waals surface area contributed by atoms with E-state index in [1.54, 1.807) is 6.92 Å². The smallest absolute Gasteiger partial charge is 0.320 e. The summed E-state index contributed by atoms with van der Waals surface area (Å²) in [6.07, 6.45) is 5.30. The first-order chi connectivity index (χ1) is 5.00. The first-order valence-corrected chi connectivity index (χ1v) is 4.33. The second-order valence-corrected chi connectivity index (χ2v) is 4.36. The van der Waals surface area contributed by atoms with Crippen molar-refractivity contribution >= 4 is 21.9 Å². The van der Waals surface area contributed by atoms with Crippen LogP contribution in [0.1, 0.15) is 26.7 Å². The van der Waals surface area contributed by atoms with Crippen LogP contribution < -0.4 is 0 Å². The average Bonchev–Trinajstić information content (AvgIpc) is 1.88. The first kappa shape index (κ1) is 10.7. The summed E-state index contributed by atoms with van der Waals surface area (Å²) >= 11 is 3.14. The Labute approximate surface area is 75.4 Å². The van der Waals surface area contributed by atoms with E-state index in [0.717, 1.165) is 6.42 Å². The zero-order valence-electron chi connectivity index (χ0n) is 6.80. The zero-order valence-corrected chi connectivity index (χ0v) is 8.39. The molecular weight excluding hydrogens is 208 g/mol. The van der Waals surface area contributed by atoms with Crippen molar-refractivity contribution < 1.29 is 9.90 Å². The normalized spacial score (nSPS) is 16.6. The summed E-state index contributed by atoms with van der Waals surface area (Å²) < 4.78 is -0.771. The molecule has 11 heavy (non-hydrogen) atoms. The molecule has 0 heterocycles. The van der Waals surface area contributed by atoms with Crippen molar-refractivity contribution in [3.8, 4) is 0 Å². The molecule has 0 aliphatic rings. The molecule has 0 aliphatic heterocycles. The number of hydrogen-bond donors (Lipinski definition) is 1. The third-order valence-electron chi connectivity index (χ3n) is 1.46. The lowest BCUT2D eigenvalue weighted by Crippen LogP contribution is -2.27. The van der Waals surface area contributed by atoms with Gasteiger partial charge in [-0.1, -0.05) is 28.1 Å². The minimum absolute atomic E-state index is 0.618. The number of allylic oxidation sites excluding steroid dienone is 2. The van der Waals surface area contributed by atoms with E-state index in [2.05, 4.69) is 15.9 Å². The number of aliphatic carboxylic acids is 1. The van der Waals surface area contributed by atoms with Crippen LogP contribution in [0.25, 0.3) is 0 Å². The van der Waals surface area contributed by atoms with Crippen LogP contribution >= 0.6 is 15.9 Å². The molecule has 0 radical (unpaired) electrons. The van der Waals surface area contributed by atoms with E-state index in [1.807, 2.05) is 19.1 Å². The molecule has 2 nitrogen and oxygen atoms in total. The Morgan fingerprint density at radius 2 is 2.27 bits per heavy atom. The topological polar surface area (TPSA) is 37.3 Å². The quantitative estimate of drug-likeness (QED) is 0.585. The lowest BCUT2D eigenvalue weighted by Gasteiger charge is -2.14. The summed E-state index contributed by atoms with van der Waals surface area (Å²) in [5.41, 5.74) is 0. The number of alkyl halides is 1. The number of rotatable bonds is 4. The molecule has 0 spiro atoms. The van der Waals surface area contributed by atoms with E-state index in [4.69, 9.17) is 5.11 Å². The van der Waals surface area contributed by atoms with Crippen molar-refractivity contribution in [1.29, 1.82) is 0 Å². The van der Waals surface area contributed by atoms with Gasteiger partial charge in [-0.3, -0.25) is 4.79 Å². The number of hydrogen-bond acceptors (Lipinski definition) is 1. The van der Waals surface area contributed by atoms with Crippen molar-refractivity contribution in [3.05, 3.63) is 12.2 Å². The number of carboxylic acid groups (broad SMARTS) is 1. The lowest BCUT2D eigenvalue weighted by molar-refractivity contribution is -0.139. The molecule has 0 aromatic carbocycles. The second-order valence-electron chi connectivity index (χ2n) is 2.61. The summed E-state index contributed by atoms with van der Waals surface area (Å²) in [4.78, 5) is 10.5. The first-order valence-electron chi connectivity index (χ1n) is 3.54. The monoisotopic (exact) mass is 220 g/mol. The largest absolute Gasteiger partial charge is 0.480 e. The standard InChI is InChI=1S/C8H13BrO2/c1-3-4-5-6-8(2,9)7(10)11/h3-4H,5-6H2,1-2H3,(H,10,11). The highest BCUT2D eigenvalue weighted by molar-refractivity contribution is 9.10. The molecule has 0 aliphatic carbocycles. The van der Waals surface area contributed by atoms with Gasteiger partial charge in [-0.15, -0.1) is 0 Å². The van der Waals surface area contributed by atoms with Gasteiger partial charge < -0.3 is 5.11 Å². The molecule has 0 aromatic rings. The molecule has 1 atom stereocenters. The Hall–Kier alpha value is -0.310. The molecule has 0 saturated heterocycles. The molecule has 0 saturated carbocycles. The Morgan fingerprint density at radius 3 is 2.64 bits per heavy atom. The van der Waals surface area contributed by atoms with Gasteiger partial charge in [0.25, 0.3) is 0 Å². The predicted octanol–water partition coefficient (Wildman–Crippen LogP) is 2.58. The summed E-state index contributed by atoms with van der Waals surface area (Å²) in [6.45, 7) is 3.59. The maximum atomic E-state index is 10.5. The molecule has 0 bridgehead atoms. The van der Waals surface area contributed by atoms with E-state index < -0.39 is 10.3 Å². The van der Waals surface area contributed by atoms with Crippen molar-refractivity contribution in [1.82, 2.24) is 0 Å². The third kappa shape index (κ3) is 4.19. The van der Waals surface area contributed by atoms with Crippen LogP contribution in [0.15, 0.2) is 12.2 Å². The fraction of sp³-hybridized carbons (Fsp3) is 0.625. The summed E-state index contributed by atoms with van der Waals surface area (Å²) in [5.74, 6) is -0.804. The van der Waals surface area contributed by atoms with Gasteiger partial charge in [0.15, 0.2) is 0 Å². The fourth-order valence-electron chi connectivity index (χ4n) is 0.628. The molecule has 0 amide bonds. The van der Waals surface area contributed by atoms with Gasteiger partial charge in [0, 0.05) is 0 Å². The van der Waals surface area contributed by atoms with E-state index in [9.17, 15) is 4.79 Å². The molecule has 3 heteroatoms. The summed E-state index contributed by atoms with van der Waals surface area (Å²) in [5, 5.41) is 8.67. The Morgan fingerprint density at radius 1 is 1.73 bits per heavy atom. The summed E-state index contributed by atoms with van der Waals surface area (Å²) in [6, 6.07) is 0. The molecule has 1 N–H and O–H groups in total. The highest BCUT2D eigenvalue weighted by Gasteiger charge is 2.28. The molecular formula is C8H13BrO2. The Bertz CT molecular complexity index is 161. The molecule has 1 unspecified atom stereocenters. The van der Waals surface area contributed by atoms with Gasteiger partial charge in [-0.25, -0.2) is 0 Å². The van der Waals surface area contributed by atoms with Crippen molar-refractivity contribution in [2.75, 3.05) is 0 Å². The van der Waals surface area contributed by atoms with E-state index in [1.165, 1.54) is 0 Å². The van der Waals surface area contributed by atoms with Crippen molar-refractivity contribution in [2.45, 2.75) is 31.0 Å². The van der Waals surface area contributed by atoms with Gasteiger partial charge in [-0.05, 0) is 26.7 Å². The van der Waals surface area contributed by atoms with E-state index in [0.29, 0.717) is 6.42 Å². The maximum absolute atomic E-state index is 10.5. The highest BCUT2D eigenvalue weighted by Crippen LogP contribution is 2.23. The van der Waals surface area contributed by atoms with Gasteiger partial charge >= 0.3 is 5.97 Å². The van der Waals surface area contributed by atoms with Crippen molar-refractivity contribution in [3.63, 3.8) is 0 Å². The fourth-order valence-corrected chi connectivity index (χ4v) is 0.857.